The first kappa shape index (κ1) is 18.4. The van der Waals surface area contributed by atoms with Crippen LogP contribution in [0.1, 0.15) is 32.3 Å². The van der Waals surface area contributed by atoms with Gasteiger partial charge in [0.15, 0.2) is 0 Å². The molecule has 3 atom stereocenters. The van der Waals surface area contributed by atoms with E-state index in [0.29, 0.717) is 12.1 Å². The number of rotatable bonds is 4. The van der Waals surface area contributed by atoms with Gasteiger partial charge < -0.3 is 15.3 Å². The second kappa shape index (κ2) is 7.49. The predicted molar refractivity (Wildman–Crippen MR) is 94.1 cm³/mol. The average molecular weight is 364 g/mol. The summed E-state index contributed by atoms with van der Waals surface area (Å²) in [7, 11) is 0. The second-order valence-electron chi connectivity index (χ2n) is 6.86. The van der Waals surface area contributed by atoms with Gasteiger partial charge in [0.2, 0.25) is 5.91 Å². The van der Waals surface area contributed by atoms with Crippen LogP contribution in [0.5, 0.6) is 0 Å². The Bertz CT molecular complexity index is 800. The summed E-state index contributed by atoms with van der Waals surface area (Å²) in [6.07, 6.45) is -0.0172. The molecule has 8 heteroatoms. The first-order valence-corrected chi connectivity index (χ1v) is 8.62. The molecule has 26 heavy (non-hydrogen) atoms. The number of anilines is 1. The Morgan fingerprint density at radius 2 is 1.96 bits per heavy atom. The molecule has 0 spiro atoms. The Morgan fingerprint density at radius 1 is 1.27 bits per heavy atom. The van der Waals surface area contributed by atoms with Crippen molar-refractivity contribution in [3.8, 4) is 0 Å². The number of amides is 1. The number of aliphatic hydroxyl groups is 1. The molecule has 1 aromatic heterocycles. The van der Waals surface area contributed by atoms with Gasteiger partial charge in [-0.3, -0.25) is 14.8 Å². The second-order valence-corrected chi connectivity index (χ2v) is 6.86. The Morgan fingerprint density at radius 3 is 2.62 bits per heavy atom. The number of hydrogen-bond donors (Lipinski definition) is 2. The molecule has 0 aliphatic carbocycles. The molecule has 0 bridgehead atoms. The maximum absolute atomic E-state index is 13.3. The van der Waals surface area contributed by atoms with Gasteiger partial charge in [0.05, 0.1) is 11.2 Å². The minimum Gasteiger partial charge on any atom is -0.384 e. The van der Waals surface area contributed by atoms with Crippen molar-refractivity contribution < 1.29 is 18.7 Å². The molecule has 6 nitrogen and oxygen atoms in total. The van der Waals surface area contributed by atoms with Crippen molar-refractivity contribution in [1.82, 2.24) is 15.3 Å². The molecule has 1 unspecified atom stereocenters. The van der Waals surface area contributed by atoms with E-state index in [-0.39, 0.29) is 23.0 Å². The Kier molecular flexibility index (Phi) is 5.31. The van der Waals surface area contributed by atoms with E-state index in [1.165, 1.54) is 25.4 Å². The number of nitrogens with one attached hydrogen (secondary N) is 1. The highest BCUT2D eigenvalue weighted by atomic mass is 19.3. The molecular weight excluding hydrogens is 342 g/mol. The number of aromatic nitrogens is 2. The number of aliphatic hydroxyl groups excluding tert-OH is 1. The fourth-order valence-electron chi connectivity index (χ4n) is 3.47. The first-order chi connectivity index (χ1) is 12.4. The molecule has 1 aliphatic rings. The molecule has 0 saturated carbocycles. The third kappa shape index (κ3) is 3.75. The fourth-order valence-corrected chi connectivity index (χ4v) is 3.47. The van der Waals surface area contributed by atoms with Crippen LogP contribution >= 0.6 is 0 Å². The molecule has 1 aliphatic heterocycles. The maximum Gasteiger partial charge on any atom is 0.266 e. The van der Waals surface area contributed by atoms with Crippen LogP contribution in [0.3, 0.4) is 0 Å². The Balaban J connectivity index is 1.93. The smallest absolute Gasteiger partial charge is 0.266 e. The zero-order chi connectivity index (χ0) is 18.8. The predicted octanol–water partition coefficient (Wildman–Crippen LogP) is 2.28. The highest BCUT2D eigenvalue weighted by Gasteiger charge is 2.29. The topological polar surface area (TPSA) is 78.4 Å². The van der Waals surface area contributed by atoms with Gasteiger partial charge in [-0.2, -0.15) is 0 Å². The monoisotopic (exact) mass is 364 g/mol. The van der Waals surface area contributed by atoms with Crippen LogP contribution in [-0.2, 0) is 4.79 Å². The van der Waals surface area contributed by atoms with Gasteiger partial charge >= 0.3 is 0 Å². The van der Waals surface area contributed by atoms with Gasteiger partial charge in [0.1, 0.15) is 11.6 Å². The van der Waals surface area contributed by atoms with E-state index in [0.717, 1.165) is 18.7 Å². The molecule has 1 saturated heterocycles. The third-order valence-corrected chi connectivity index (χ3v) is 4.60. The Labute approximate surface area is 150 Å². The number of piperidine rings is 1. The summed E-state index contributed by atoms with van der Waals surface area (Å²) in [5, 5.41) is 12.2. The molecule has 1 aromatic carbocycles. The summed E-state index contributed by atoms with van der Waals surface area (Å²) in [4.78, 5) is 22.2. The normalized spacial score (nSPS) is 21.8. The van der Waals surface area contributed by atoms with Crippen LogP contribution in [0.15, 0.2) is 24.5 Å². The lowest BCUT2D eigenvalue weighted by molar-refractivity contribution is -0.129. The largest absolute Gasteiger partial charge is 0.384 e. The van der Waals surface area contributed by atoms with Crippen LogP contribution in [0.4, 0.5) is 14.5 Å². The zero-order valence-electron chi connectivity index (χ0n) is 14.7. The van der Waals surface area contributed by atoms with Crippen LogP contribution < -0.4 is 10.2 Å². The number of alkyl halides is 2. The molecule has 0 radical (unpaired) electrons. The standard InChI is InChI=1S/C18H22F2N4O2/c1-10-7-12(23-18(26)11(2)25)9-24(8-10)14-4-3-13(17(19)20)15-16(14)22-6-5-21-15/h3-6,10-12,17,25H,7-9H2,1-2H3,(H,23,26)/t10-,11?,12+/m0/s1. The lowest BCUT2D eigenvalue weighted by Gasteiger charge is -2.38. The van der Waals surface area contributed by atoms with E-state index >= 15 is 0 Å². The quantitative estimate of drug-likeness (QED) is 0.870. The van der Waals surface area contributed by atoms with Crippen LogP contribution in [0.25, 0.3) is 11.0 Å². The van der Waals surface area contributed by atoms with E-state index in [1.807, 2.05) is 4.90 Å². The van der Waals surface area contributed by atoms with E-state index in [4.69, 9.17) is 0 Å². The third-order valence-electron chi connectivity index (χ3n) is 4.60. The van der Waals surface area contributed by atoms with Crippen molar-refractivity contribution in [2.24, 2.45) is 5.92 Å². The number of fused-ring (bicyclic) bond motifs is 1. The molecule has 1 fully saturated rings. The molecule has 2 N–H and O–H groups in total. The number of hydrogen-bond acceptors (Lipinski definition) is 5. The van der Waals surface area contributed by atoms with Gasteiger partial charge in [-0.1, -0.05) is 6.92 Å². The number of nitrogens with zero attached hydrogens (tertiary/aromatic N) is 3. The number of carbonyl (C=O) groups is 1. The highest BCUT2D eigenvalue weighted by Crippen LogP contribution is 2.33. The van der Waals surface area contributed by atoms with Crippen LogP contribution in [0.2, 0.25) is 0 Å². The van der Waals surface area contributed by atoms with E-state index in [1.54, 1.807) is 6.07 Å². The van der Waals surface area contributed by atoms with Crippen molar-refractivity contribution in [2.45, 2.75) is 38.8 Å². The summed E-state index contributed by atoms with van der Waals surface area (Å²) in [5.41, 5.74) is 1.21. The molecular formula is C18H22F2N4O2. The summed E-state index contributed by atoms with van der Waals surface area (Å²) >= 11 is 0. The van der Waals surface area contributed by atoms with Gasteiger partial charge in [0, 0.05) is 37.1 Å². The summed E-state index contributed by atoms with van der Waals surface area (Å²) in [5.74, 6) is -0.133. The zero-order valence-corrected chi connectivity index (χ0v) is 14.7. The van der Waals surface area contributed by atoms with E-state index in [2.05, 4.69) is 22.2 Å². The lowest BCUT2D eigenvalue weighted by atomic mass is 9.94. The summed E-state index contributed by atoms with van der Waals surface area (Å²) < 4.78 is 26.5. The van der Waals surface area contributed by atoms with Crippen molar-refractivity contribution >= 4 is 22.6 Å². The summed E-state index contributed by atoms with van der Waals surface area (Å²) in [6, 6.07) is 2.89. The van der Waals surface area contributed by atoms with Crippen LogP contribution in [0, 0.1) is 5.92 Å². The maximum atomic E-state index is 13.3. The van der Waals surface area contributed by atoms with Crippen LogP contribution in [-0.4, -0.2) is 46.2 Å². The minimum atomic E-state index is -2.62. The lowest BCUT2D eigenvalue weighted by Crippen LogP contribution is -2.52. The van der Waals surface area contributed by atoms with E-state index in [9.17, 15) is 18.7 Å². The first-order valence-electron chi connectivity index (χ1n) is 8.62. The fraction of sp³-hybridized carbons (Fsp3) is 0.500. The number of benzene rings is 1. The van der Waals surface area contributed by atoms with E-state index < -0.39 is 18.4 Å². The Hall–Kier alpha value is -2.35. The highest BCUT2D eigenvalue weighted by molar-refractivity contribution is 5.90. The number of carbonyl (C=O) groups excluding carboxylic acids is 1. The molecule has 140 valence electrons. The summed E-state index contributed by atoms with van der Waals surface area (Å²) in [6.45, 7) is 4.73. The molecule has 3 rings (SSSR count). The minimum absolute atomic E-state index is 0.137. The molecule has 1 amide bonds. The average Bonchev–Trinajstić information content (AvgIpc) is 2.59. The van der Waals surface area contributed by atoms with Crippen molar-refractivity contribution in [1.29, 1.82) is 0 Å². The SMILES string of the molecule is CC(O)C(=O)N[C@@H]1C[C@H](C)CN(c2ccc(C(F)F)c3nccnc23)C1. The van der Waals surface area contributed by atoms with Crippen molar-refractivity contribution in [2.75, 3.05) is 18.0 Å². The van der Waals surface area contributed by atoms with Gasteiger partial charge in [-0.15, -0.1) is 0 Å². The van der Waals surface area contributed by atoms with Crippen molar-refractivity contribution in [3.05, 3.63) is 30.1 Å². The molecule has 2 heterocycles. The molecule has 2 aromatic rings. The number of halogens is 2. The van der Waals surface area contributed by atoms with Gasteiger partial charge in [0.25, 0.3) is 6.43 Å². The van der Waals surface area contributed by atoms with Gasteiger partial charge in [-0.05, 0) is 31.4 Å². The van der Waals surface area contributed by atoms with Gasteiger partial charge in [-0.25, -0.2) is 8.78 Å². The van der Waals surface area contributed by atoms with Crippen molar-refractivity contribution in [3.63, 3.8) is 0 Å².